The van der Waals surface area contributed by atoms with Crippen LogP contribution in [0, 0.1) is 16.7 Å². The van der Waals surface area contributed by atoms with Crippen molar-refractivity contribution in [2.24, 2.45) is 16.7 Å². The van der Waals surface area contributed by atoms with Crippen LogP contribution in [-0.4, -0.2) is 45.2 Å². The second kappa shape index (κ2) is 7.22. The van der Waals surface area contributed by atoms with E-state index in [4.69, 9.17) is 5.11 Å². The number of aliphatic carboxylic acids is 1. The number of aliphatic hydroxyl groups excluding tert-OH is 3. The minimum Gasteiger partial charge on any atom is -0.478 e. The standard InChI is InChI=1S/C20H32O5/c1-12(9-17(24)25)5-6-14-13(2)10-15(22)18-19(14,3)8-7-16(23)20(18,4)11-21/h9,15-16,18,21-23H,5-8,10-11H2,1-4H3,(H,24,25)/b12-9+/t15-,16?,18?,19-,20+/m1/s1. The maximum atomic E-state index is 10.8. The second-order valence-electron chi connectivity index (χ2n) is 8.47. The highest BCUT2D eigenvalue weighted by Crippen LogP contribution is 2.60. The van der Waals surface area contributed by atoms with E-state index in [1.807, 2.05) is 20.8 Å². The lowest BCUT2D eigenvalue weighted by atomic mass is 9.47. The number of hydrogen-bond donors (Lipinski definition) is 4. The molecule has 142 valence electrons. The van der Waals surface area contributed by atoms with Crippen molar-refractivity contribution in [3.63, 3.8) is 0 Å². The van der Waals surface area contributed by atoms with Crippen LogP contribution in [0.5, 0.6) is 0 Å². The molecule has 0 radical (unpaired) electrons. The average Bonchev–Trinajstić information content (AvgIpc) is 2.49. The lowest BCUT2D eigenvalue weighted by Crippen LogP contribution is -2.59. The zero-order valence-electron chi connectivity index (χ0n) is 15.7. The highest BCUT2D eigenvalue weighted by molar-refractivity contribution is 5.80. The van der Waals surface area contributed by atoms with E-state index < -0.39 is 23.6 Å². The fraction of sp³-hybridized carbons (Fsp3) is 0.750. The summed E-state index contributed by atoms with van der Waals surface area (Å²) in [6.45, 7) is 7.71. The van der Waals surface area contributed by atoms with Crippen LogP contribution in [-0.2, 0) is 4.79 Å². The maximum absolute atomic E-state index is 10.8. The van der Waals surface area contributed by atoms with Gasteiger partial charge in [-0.15, -0.1) is 0 Å². The number of rotatable bonds is 5. The number of aliphatic hydroxyl groups is 3. The highest BCUT2D eigenvalue weighted by Gasteiger charge is 2.58. The monoisotopic (exact) mass is 352 g/mol. The van der Waals surface area contributed by atoms with Crippen molar-refractivity contribution in [2.75, 3.05) is 6.61 Å². The molecular weight excluding hydrogens is 320 g/mol. The quantitative estimate of drug-likeness (QED) is 0.450. The molecule has 0 aromatic carbocycles. The minimum absolute atomic E-state index is 0.157. The highest BCUT2D eigenvalue weighted by atomic mass is 16.4. The number of fused-ring (bicyclic) bond motifs is 1. The van der Waals surface area contributed by atoms with E-state index in [1.165, 1.54) is 11.6 Å². The van der Waals surface area contributed by atoms with Crippen LogP contribution in [0.25, 0.3) is 0 Å². The molecule has 2 unspecified atom stereocenters. The van der Waals surface area contributed by atoms with Crippen molar-refractivity contribution in [1.82, 2.24) is 0 Å². The summed E-state index contributed by atoms with van der Waals surface area (Å²) in [7, 11) is 0. The third-order valence-corrected chi connectivity index (χ3v) is 6.68. The first kappa shape index (κ1) is 20.1. The summed E-state index contributed by atoms with van der Waals surface area (Å²) in [5.74, 6) is -1.14. The first-order chi connectivity index (χ1) is 11.6. The Kier molecular flexibility index (Phi) is 5.81. The van der Waals surface area contributed by atoms with E-state index in [0.29, 0.717) is 19.3 Å². The van der Waals surface area contributed by atoms with Gasteiger partial charge in [-0.25, -0.2) is 4.79 Å². The molecule has 0 aromatic heterocycles. The Balaban J connectivity index is 2.37. The Morgan fingerprint density at radius 1 is 1.32 bits per heavy atom. The van der Waals surface area contributed by atoms with E-state index in [9.17, 15) is 20.1 Å². The number of carboxylic acids is 1. The molecule has 0 spiro atoms. The Bertz CT molecular complexity index is 593. The third kappa shape index (κ3) is 3.55. The average molecular weight is 352 g/mol. The van der Waals surface area contributed by atoms with Gasteiger partial charge in [-0.2, -0.15) is 0 Å². The van der Waals surface area contributed by atoms with Crippen molar-refractivity contribution in [2.45, 2.75) is 72.0 Å². The second-order valence-corrected chi connectivity index (χ2v) is 8.47. The van der Waals surface area contributed by atoms with Gasteiger partial charge in [-0.05, 0) is 51.4 Å². The zero-order chi connectivity index (χ0) is 19.0. The Morgan fingerprint density at radius 3 is 2.52 bits per heavy atom. The van der Waals surface area contributed by atoms with E-state index >= 15 is 0 Å². The molecule has 5 atom stereocenters. The van der Waals surface area contributed by atoms with Gasteiger partial charge in [0.05, 0.1) is 18.8 Å². The van der Waals surface area contributed by atoms with Crippen molar-refractivity contribution in [3.05, 3.63) is 22.8 Å². The molecule has 1 fully saturated rings. The molecule has 2 aliphatic carbocycles. The smallest absolute Gasteiger partial charge is 0.328 e. The summed E-state index contributed by atoms with van der Waals surface area (Å²) in [6.07, 6.45) is 3.34. The summed E-state index contributed by atoms with van der Waals surface area (Å²) in [5, 5.41) is 40.2. The molecule has 5 heteroatoms. The van der Waals surface area contributed by atoms with Crippen LogP contribution < -0.4 is 0 Å². The fourth-order valence-electron chi connectivity index (χ4n) is 5.41. The Hall–Kier alpha value is -1.17. The van der Waals surface area contributed by atoms with Crippen LogP contribution in [0.2, 0.25) is 0 Å². The van der Waals surface area contributed by atoms with E-state index in [-0.39, 0.29) is 17.9 Å². The first-order valence-corrected chi connectivity index (χ1v) is 9.12. The van der Waals surface area contributed by atoms with Gasteiger partial charge in [-0.1, -0.05) is 30.6 Å². The van der Waals surface area contributed by atoms with E-state index in [1.54, 1.807) is 0 Å². The molecule has 0 bridgehead atoms. The fourth-order valence-corrected chi connectivity index (χ4v) is 5.41. The van der Waals surface area contributed by atoms with Crippen molar-refractivity contribution < 1.29 is 25.2 Å². The summed E-state index contributed by atoms with van der Waals surface area (Å²) < 4.78 is 0. The summed E-state index contributed by atoms with van der Waals surface area (Å²) >= 11 is 0. The molecule has 5 nitrogen and oxygen atoms in total. The lowest BCUT2D eigenvalue weighted by Gasteiger charge is -2.59. The number of allylic oxidation sites excluding steroid dienone is 2. The largest absolute Gasteiger partial charge is 0.478 e. The molecule has 0 aliphatic heterocycles. The molecule has 0 heterocycles. The molecular formula is C20H32O5. The van der Waals surface area contributed by atoms with Crippen LogP contribution in [0.15, 0.2) is 22.8 Å². The van der Waals surface area contributed by atoms with Gasteiger partial charge >= 0.3 is 5.97 Å². The number of hydrogen-bond acceptors (Lipinski definition) is 4. The summed E-state index contributed by atoms with van der Waals surface area (Å²) in [5.41, 5.74) is 2.21. The van der Waals surface area contributed by atoms with Gasteiger partial charge < -0.3 is 20.4 Å². The predicted octanol–water partition coefficient (Wildman–Crippen LogP) is 2.65. The normalized spacial score (nSPS) is 39.3. The Labute approximate surface area is 150 Å². The molecule has 1 saturated carbocycles. The Morgan fingerprint density at radius 2 is 1.96 bits per heavy atom. The van der Waals surface area contributed by atoms with Crippen LogP contribution in [0.4, 0.5) is 0 Å². The molecule has 0 aromatic rings. The van der Waals surface area contributed by atoms with Gasteiger partial charge in [0, 0.05) is 17.4 Å². The van der Waals surface area contributed by atoms with Crippen LogP contribution >= 0.6 is 0 Å². The van der Waals surface area contributed by atoms with Crippen molar-refractivity contribution in [3.8, 4) is 0 Å². The van der Waals surface area contributed by atoms with Crippen LogP contribution in [0.1, 0.15) is 59.8 Å². The van der Waals surface area contributed by atoms with E-state index in [2.05, 4.69) is 6.92 Å². The minimum atomic E-state index is -0.931. The zero-order valence-corrected chi connectivity index (χ0v) is 15.7. The first-order valence-electron chi connectivity index (χ1n) is 9.12. The SMILES string of the molecule is CC1=C(CC/C(C)=C/C(=O)O)[C@@]2(C)CCC(O)[C@](C)(CO)C2[C@H](O)C1. The lowest BCUT2D eigenvalue weighted by molar-refractivity contribution is -0.160. The molecule has 0 saturated heterocycles. The van der Waals surface area contributed by atoms with Crippen LogP contribution in [0.3, 0.4) is 0 Å². The van der Waals surface area contributed by atoms with Crippen molar-refractivity contribution in [1.29, 1.82) is 0 Å². The maximum Gasteiger partial charge on any atom is 0.328 e. The van der Waals surface area contributed by atoms with Gasteiger partial charge in [-0.3, -0.25) is 0 Å². The number of carbonyl (C=O) groups is 1. The van der Waals surface area contributed by atoms with Crippen molar-refractivity contribution >= 4 is 5.97 Å². The summed E-state index contributed by atoms with van der Waals surface area (Å²) in [4.78, 5) is 10.8. The molecule has 4 N–H and O–H groups in total. The predicted molar refractivity (Wildman–Crippen MR) is 96.0 cm³/mol. The van der Waals surface area contributed by atoms with Gasteiger partial charge in [0.1, 0.15) is 0 Å². The van der Waals surface area contributed by atoms with Gasteiger partial charge in [0.25, 0.3) is 0 Å². The topological polar surface area (TPSA) is 98.0 Å². The summed E-state index contributed by atoms with van der Waals surface area (Å²) in [6, 6.07) is 0. The van der Waals surface area contributed by atoms with Gasteiger partial charge in [0.15, 0.2) is 0 Å². The van der Waals surface area contributed by atoms with E-state index in [0.717, 1.165) is 24.0 Å². The molecule has 25 heavy (non-hydrogen) atoms. The molecule has 2 aliphatic rings. The molecule has 2 rings (SSSR count). The third-order valence-electron chi connectivity index (χ3n) is 6.68. The van der Waals surface area contributed by atoms with Gasteiger partial charge in [0.2, 0.25) is 0 Å². The molecule has 0 amide bonds. The number of carboxylic acid groups (broad SMARTS) is 1.